The number of aromatic nitrogens is 2. The number of carbonyl (C=O) groups is 1. The normalized spacial score (nSPS) is 11.5. The van der Waals surface area contributed by atoms with Crippen LogP contribution in [0.3, 0.4) is 0 Å². The maximum Gasteiger partial charge on any atom is 0.181 e. The van der Waals surface area contributed by atoms with Gasteiger partial charge in [0.1, 0.15) is 17.4 Å². The highest BCUT2D eigenvalue weighted by Gasteiger charge is 2.06. The molecule has 0 aliphatic heterocycles. The van der Waals surface area contributed by atoms with E-state index in [9.17, 15) is 4.79 Å². The van der Waals surface area contributed by atoms with Crippen molar-refractivity contribution in [3.63, 3.8) is 0 Å². The van der Waals surface area contributed by atoms with E-state index < -0.39 is 0 Å². The number of nitrogens with two attached hydrogens (primary N) is 2. The molecule has 224 valence electrons. The summed E-state index contributed by atoms with van der Waals surface area (Å²) < 4.78 is 0. The first-order valence-corrected chi connectivity index (χ1v) is 14.1. The average molecular weight is 587 g/mol. The van der Waals surface area contributed by atoms with Crippen molar-refractivity contribution in [2.45, 2.75) is 13.8 Å². The summed E-state index contributed by atoms with van der Waals surface area (Å²) in [4.78, 5) is 18.4. The molecule has 2 aromatic heterocycles. The van der Waals surface area contributed by atoms with E-state index in [0.717, 1.165) is 43.1 Å². The number of rotatable bonds is 2. The molecule has 0 fully saturated rings. The van der Waals surface area contributed by atoms with Gasteiger partial charge in [0.05, 0.1) is 0 Å². The van der Waals surface area contributed by atoms with Crippen molar-refractivity contribution in [1.29, 1.82) is 0 Å². The molecule has 0 unspecified atom stereocenters. The lowest BCUT2D eigenvalue weighted by atomic mass is 10.1. The molecule has 0 aliphatic carbocycles. The van der Waals surface area contributed by atoms with Crippen LogP contribution in [0.15, 0.2) is 107 Å². The Labute approximate surface area is 256 Å². The van der Waals surface area contributed by atoms with Crippen LogP contribution in [0.2, 0.25) is 0 Å². The lowest BCUT2D eigenvalue weighted by molar-refractivity contribution is -0.114. The molecule has 9 nitrogen and oxygen atoms in total. The number of Topliss-reactive ketones (excluding diaryl/α,β-unsaturated/α-hetero) is 1. The molecule has 0 saturated carbocycles. The minimum Gasteiger partial charge on any atom is -0.383 e. The molecule has 0 aliphatic rings. The van der Waals surface area contributed by atoms with Gasteiger partial charge in [0, 0.05) is 49.7 Å². The standard InChI is InChI=1S/2C16H16N4.C3H6O/c2*1-20(2)19-16-14-10-6-4-8-12(14)11-7-3-5-9-13(11)15(17)18-16;1-3(2)4/h2*3-10H,1-2H3,(H2,17,18,19);1-2H3. The molecule has 0 amide bonds. The topological polar surface area (TPSA) is 126 Å². The number of benzene rings is 4. The van der Waals surface area contributed by atoms with Crippen LogP contribution in [0, 0.1) is 0 Å². The summed E-state index contributed by atoms with van der Waals surface area (Å²) in [5.74, 6) is 1.16. The number of hydrogen-bond donors (Lipinski definition) is 2. The van der Waals surface area contributed by atoms with E-state index >= 15 is 0 Å². The van der Waals surface area contributed by atoms with E-state index in [0.29, 0.717) is 22.6 Å². The molecule has 9 heteroatoms. The van der Waals surface area contributed by atoms with Gasteiger partial charge in [-0.2, -0.15) is 10.2 Å². The summed E-state index contributed by atoms with van der Waals surface area (Å²) in [7, 11) is 7.50. The highest BCUT2D eigenvalue weighted by Crippen LogP contribution is 2.25. The fourth-order valence-corrected chi connectivity index (χ4v) is 4.71. The van der Waals surface area contributed by atoms with Crippen molar-refractivity contribution in [1.82, 2.24) is 20.0 Å². The summed E-state index contributed by atoms with van der Waals surface area (Å²) in [6, 6.07) is 32.3. The van der Waals surface area contributed by atoms with Gasteiger partial charge in [-0.1, -0.05) is 97.1 Å². The number of anilines is 2. The average Bonchev–Trinajstić information content (AvgIpc) is 3.18. The van der Waals surface area contributed by atoms with Crippen LogP contribution in [-0.2, 0) is 4.79 Å². The van der Waals surface area contributed by atoms with Gasteiger partial charge in [-0.3, -0.25) is 0 Å². The van der Waals surface area contributed by atoms with Gasteiger partial charge >= 0.3 is 0 Å². The van der Waals surface area contributed by atoms with E-state index in [1.807, 2.05) is 101 Å². The maximum absolute atomic E-state index is 9.44. The lowest BCUT2D eigenvalue weighted by Crippen LogP contribution is -2.15. The van der Waals surface area contributed by atoms with E-state index in [1.165, 1.54) is 13.8 Å². The zero-order chi connectivity index (χ0) is 31.8. The SMILES string of the molecule is CC(C)=O.CN(C)/N=c1\nc(N)c2ccccc2c2ccccc12.CN(C)/N=c1\nc(N)c2ccccc2c2ccccc12. The molecule has 0 atom stereocenters. The summed E-state index contributed by atoms with van der Waals surface area (Å²) in [6.45, 7) is 3.06. The molecule has 0 saturated heterocycles. The molecule has 0 bridgehead atoms. The first kappa shape index (κ1) is 31.4. The molecule has 0 radical (unpaired) electrons. The van der Waals surface area contributed by atoms with Crippen LogP contribution in [0.1, 0.15) is 13.8 Å². The minimum absolute atomic E-state index is 0.167. The second-order valence-electron chi connectivity index (χ2n) is 10.6. The van der Waals surface area contributed by atoms with Crippen LogP contribution in [0.4, 0.5) is 11.6 Å². The predicted molar refractivity (Wildman–Crippen MR) is 182 cm³/mol. The Kier molecular flexibility index (Phi) is 10.0. The van der Waals surface area contributed by atoms with Crippen molar-refractivity contribution in [2.75, 3.05) is 39.7 Å². The van der Waals surface area contributed by atoms with Crippen LogP contribution in [-0.4, -0.2) is 54.0 Å². The zero-order valence-corrected chi connectivity index (χ0v) is 26.0. The van der Waals surface area contributed by atoms with Gasteiger partial charge in [0.2, 0.25) is 0 Å². The van der Waals surface area contributed by atoms with Gasteiger partial charge in [0.25, 0.3) is 0 Å². The van der Waals surface area contributed by atoms with Crippen LogP contribution < -0.4 is 22.4 Å². The van der Waals surface area contributed by atoms with E-state index in [4.69, 9.17) is 11.5 Å². The molecule has 4 N–H and O–H groups in total. The quantitative estimate of drug-likeness (QED) is 0.264. The molecule has 0 spiro atoms. The second-order valence-corrected chi connectivity index (χ2v) is 10.6. The highest BCUT2D eigenvalue weighted by molar-refractivity contribution is 6.09. The predicted octanol–water partition coefficient (Wildman–Crippen LogP) is 5.29. The lowest BCUT2D eigenvalue weighted by Gasteiger charge is -2.01. The fourth-order valence-electron chi connectivity index (χ4n) is 4.71. The van der Waals surface area contributed by atoms with Crippen molar-refractivity contribution in [3.05, 3.63) is 108 Å². The number of ketones is 1. The Morgan fingerprint density at radius 3 is 1.00 bits per heavy atom. The first-order chi connectivity index (χ1) is 21.1. The number of nitrogen functional groups attached to an aromatic ring is 2. The smallest absolute Gasteiger partial charge is 0.181 e. The van der Waals surface area contributed by atoms with Crippen molar-refractivity contribution >= 4 is 60.5 Å². The summed E-state index contributed by atoms with van der Waals surface area (Å²) in [6.07, 6.45) is 0. The van der Waals surface area contributed by atoms with E-state index in [1.54, 1.807) is 10.0 Å². The van der Waals surface area contributed by atoms with Crippen molar-refractivity contribution in [3.8, 4) is 0 Å². The molecular weight excluding hydrogens is 548 g/mol. The number of nitrogens with zero attached hydrogens (tertiary/aromatic N) is 6. The third-order valence-electron chi connectivity index (χ3n) is 6.36. The zero-order valence-electron chi connectivity index (χ0n) is 26.0. The van der Waals surface area contributed by atoms with Crippen molar-refractivity contribution < 1.29 is 4.79 Å². The van der Waals surface area contributed by atoms with Gasteiger partial charge in [-0.15, -0.1) is 0 Å². The van der Waals surface area contributed by atoms with E-state index in [-0.39, 0.29) is 5.78 Å². The monoisotopic (exact) mass is 586 g/mol. The molecule has 6 rings (SSSR count). The minimum atomic E-state index is 0.167. The Morgan fingerprint density at radius 1 is 0.500 bits per heavy atom. The van der Waals surface area contributed by atoms with Crippen LogP contribution in [0.25, 0.3) is 43.1 Å². The first-order valence-electron chi connectivity index (χ1n) is 14.1. The van der Waals surface area contributed by atoms with E-state index in [2.05, 4.69) is 44.4 Å². The van der Waals surface area contributed by atoms with Gasteiger partial charge in [-0.25, -0.2) is 9.97 Å². The van der Waals surface area contributed by atoms with Gasteiger partial charge in [0.15, 0.2) is 11.0 Å². The molecule has 2 heterocycles. The number of fused-ring (bicyclic) bond motifs is 6. The van der Waals surface area contributed by atoms with Gasteiger partial charge in [-0.05, 0) is 35.4 Å². The summed E-state index contributed by atoms with van der Waals surface area (Å²) in [5.41, 5.74) is 13.6. The third kappa shape index (κ3) is 7.43. The van der Waals surface area contributed by atoms with Crippen LogP contribution >= 0.6 is 0 Å². The largest absolute Gasteiger partial charge is 0.383 e. The summed E-state index contributed by atoms with van der Waals surface area (Å²) >= 11 is 0. The molecule has 6 aromatic rings. The number of carbonyl (C=O) groups excluding carboxylic acids is 1. The molecular formula is C35H38N8O. The third-order valence-corrected chi connectivity index (χ3v) is 6.36. The van der Waals surface area contributed by atoms with Crippen LogP contribution in [0.5, 0.6) is 0 Å². The highest BCUT2D eigenvalue weighted by atomic mass is 16.1. The molecule has 4 aromatic carbocycles. The number of hydrogen-bond acceptors (Lipinski definition) is 9. The Balaban J connectivity index is 0.000000179. The second kappa shape index (κ2) is 14.1. The molecule has 44 heavy (non-hydrogen) atoms. The van der Waals surface area contributed by atoms with Crippen molar-refractivity contribution in [2.24, 2.45) is 10.2 Å². The van der Waals surface area contributed by atoms with Gasteiger partial charge < -0.3 is 26.3 Å². The Hall–Kier alpha value is -5.57. The Morgan fingerprint density at radius 2 is 0.727 bits per heavy atom. The Bertz CT molecular complexity index is 1960. The fraction of sp³-hybridized carbons (Fsp3) is 0.171. The summed E-state index contributed by atoms with van der Waals surface area (Å²) in [5, 5.41) is 20.7. The maximum atomic E-state index is 9.44.